The van der Waals surface area contributed by atoms with Crippen molar-refractivity contribution in [3.05, 3.63) is 11.7 Å². The van der Waals surface area contributed by atoms with E-state index in [1.807, 2.05) is 4.90 Å². The first-order chi connectivity index (χ1) is 11.6. The van der Waals surface area contributed by atoms with Crippen molar-refractivity contribution in [1.29, 1.82) is 0 Å². The first-order valence-corrected chi connectivity index (χ1v) is 8.96. The summed E-state index contributed by atoms with van der Waals surface area (Å²) in [7, 11) is 0. The SMILES string of the molecule is Cc1noc(CNC(=O)C2CCN(C(=O)CC3CCCC3)CC2)n1. The molecule has 7 heteroatoms. The first kappa shape index (κ1) is 16.9. The standard InChI is InChI=1S/C17H26N4O3/c1-12-19-15(24-20-12)11-18-17(23)14-6-8-21(9-7-14)16(22)10-13-4-2-3-5-13/h13-14H,2-11H2,1H3,(H,18,23). The number of likely N-dealkylation sites (tertiary alicyclic amines) is 1. The maximum Gasteiger partial charge on any atom is 0.246 e. The van der Waals surface area contributed by atoms with Gasteiger partial charge in [-0.2, -0.15) is 4.98 Å². The Hall–Kier alpha value is -1.92. The van der Waals surface area contributed by atoms with Gasteiger partial charge in [0.05, 0.1) is 6.54 Å². The number of aryl methyl sites for hydroxylation is 1. The van der Waals surface area contributed by atoms with Crippen LogP contribution in [0.5, 0.6) is 0 Å². The van der Waals surface area contributed by atoms with Crippen LogP contribution in [0.4, 0.5) is 0 Å². The van der Waals surface area contributed by atoms with Crippen LogP contribution in [0.3, 0.4) is 0 Å². The molecular formula is C17H26N4O3. The van der Waals surface area contributed by atoms with Crippen molar-refractivity contribution in [2.24, 2.45) is 11.8 Å². The van der Waals surface area contributed by atoms with Gasteiger partial charge in [0, 0.05) is 25.4 Å². The van der Waals surface area contributed by atoms with Gasteiger partial charge in [-0.25, -0.2) is 0 Å². The maximum atomic E-state index is 12.3. The fraction of sp³-hybridized carbons (Fsp3) is 0.765. The molecule has 2 aliphatic rings. The molecule has 1 saturated heterocycles. The summed E-state index contributed by atoms with van der Waals surface area (Å²) < 4.78 is 4.99. The van der Waals surface area contributed by atoms with Crippen LogP contribution in [0.1, 0.15) is 56.7 Å². The second-order valence-electron chi connectivity index (χ2n) is 6.96. The van der Waals surface area contributed by atoms with Crippen LogP contribution >= 0.6 is 0 Å². The molecule has 0 bridgehead atoms. The molecule has 3 rings (SSSR count). The van der Waals surface area contributed by atoms with E-state index in [9.17, 15) is 9.59 Å². The topological polar surface area (TPSA) is 88.3 Å². The zero-order chi connectivity index (χ0) is 16.9. The Bertz CT molecular complexity index is 572. The van der Waals surface area contributed by atoms with E-state index in [4.69, 9.17) is 4.52 Å². The molecule has 1 aliphatic heterocycles. The van der Waals surface area contributed by atoms with E-state index in [1.54, 1.807) is 6.92 Å². The number of hydrogen-bond acceptors (Lipinski definition) is 5. The molecule has 0 aromatic carbocycles. The molecule has 0 atom stereocenters. The second-order valence-corrected chi connectivity index (χ2v) is 6.96. The summed E-state index contributed by atoms with van der Waals surface area (Å²) in [5.41, 5.74) is 0. The van der Waals surface area contributed by atoms with E-state index in [0.29, 0.717) is 37.1 Å². The van der Waals surface area contributed by atoms with Gasteiger partial charge in [-0.3, -0.25) is 9.59 Å². The van der Waals surface area contributed by atoms with E-state index in [0.717, 1.165) is 12.8 Å². The van der Waals surface area contributed by atoms with E-state index < -0.39 is 0 Å². The van der Waals surface area contributed by atoms with Gasteiger partial charge in [0.2, 0.25) is 17.7 Å². The number of carbonyl (C=O) groups excluding carboxylic acids is 2. The van der Waals surface area contributed by atoms with Crippen LogP contribution in [0, 0.1) is 18.8 Å². The molecule has 2 fully saturated rings. The largest absolute Gasteiger partial charge is 0.347 e. The Labute approximate surface area is 142 Å². The van der Waals surface area contributed by atoms with Crippen molar-refractivity contribution in [3.63, 3.8) is 0 Å². The highest BCUT2D eigenvalue weighted by molar-refractivity contribution is 5.80. The Morgan fingerprint density at radius 2 is 1.92 bits per heavy atom. The molecule has 1 aromatic heterocycles. The van der Waals surface area contributed by atoms with Crippen molar-refractivity contribution in [2.75, 3.05) is 13.1 Å². The van der Waals surface area contributed by atoms with Gasteiger partial charge in [0.1, 0.15) is 0 Å². The highest BCUT2D eigenvalue weighted by Gasteiger charge is 2.29. The molecule has 0 radical (unpaired) electrons. The predicted molar refractivity (Wildman–Crippen MR) is 86.8 cm³/mol. The van der Waals surface area contributed by atoms with Gasteiger partial charge in [-0.1, -0.05) is 18.0 Å². The molecule has 1 N–H and O–H groups in total. The van der Waals surface area contributed by atoms with Crippen molar-refractivity contribution < 1.29 is 14.1 Å². The van der Waals surface area contributed by atoms with Crippen molar-refractivity contribution in [3.8, 4) is 0 Å². The molecule has 0 spiro atoms. The summed E-state index contributed by atoms with van der Waals surface area (Å²) in [4.78, 5) is 30.6. The number of hydrogen-bond donors (Lipinski definition) is 1. The second kappa shape index (κ2) is 7.77. The van der Waals surface area contributed by atoms with E-state index >= 15 is 0 Å². The number of rotatable bonds is 5. The highest BCUT2D eigenvalue weighted by Crippen LogP contribution is 2.29. The Morgan fingerprint density at radius 3 is 2.54 bits per heavy atom. The molecule has 2 amide bonds. The normalized spacial score (nSPS) is 19.6. The summed E-state index contributed by atoms with van der Waals surface area (Å²) in [6, 6.07) is 0. The predicted octanol–water partition coefficient (Wildman–Crippen LogP) is 1.81. The van der Waals surface area contributed by atoms with E-state index in [-0.39, 0.29) is 24.3 Å². The lowest BCUT2D eigenvalue weighted by Crippen LogP contribution is -2.43. The third-order valence-electron chi connectivity index (χ3n) is 5.14. The van der Waals surface area contributed by atoms with Crippen LogP contribution < -0.4 is 5.32 Å². The van der Waals surface area contributed by atoms with Crippen molar-refractivity contribution in [2.45, 2.75) is 58.4 Å². The number of amides is 2. The Balaban J connectivity index is 1.39. The summed E-state index contributed by atoms with van der Waals surface area (Å²) >= 11 is 0. The monoisotopic (exact) mass is 334 g/mol. The minimum absolute atomic E-state index is 0.00810. The number of nitrogens with one attached hydrogen (secondary N) is 1. The van der Waals surface area contributed by atoms with Crippen LogP contribution in [0.15, 0.2) is 4.52 Å². The van der Waals surface area contributed by atoms with E-state index in [2.05, 4.69) is 15.5 Å². The Kier molecular flexibility index (Phi) is 5.48. The molecule has 132 valence electrons. The fourth-order valence-corrected chi connectivity index (χ4v) is 3.70. The first-order valence-electron chi connectivity index (χ1n) is 8.96. The fourth-order valence-electron chi connectivity index (χ4n) is 3.70. The zero-order valence-electron chi connectivity index (χ0n) is 14.3. The van der Waals surface area contributed by atoms with Gasteiger partial charge in [-0.05, 0) is 38.5 Å². The molecule has 1 aromatic rings. The van der Waals surface area contributed by atoms with Crippen LogP contribution in [0.25, 0.3) is 0 Å². The molecule has 2 heterocycles. The lowest BCUT2D eigenvalue weighted by Gasteiger charge is -2.32. The molecule has 1 aliphatic carbocycles. The third kappa shape index (κ3) is 4.33. The van der Waals surface area contributed by atoms with Crippen LogP contribution in [-0.4, -0.2) is 39.9 Å². The molecule has 0 unspecified atom stereocenters. The summed E-state index contributed by atoms with van der Waals surface area (Å²) in [5, 5.41) is 6.54. The number of piperidine rings is 1. The van der Waals surface area contributed by atoms with Gasteiger partial charge < -0.3 is 14.7 Å². The number of carbonyl (C=O) groups is 2. The maximum absolute atomic E-state index is 12.3. The summed E-state index contributed by atoms with van der Waals surface area (Å²) in [6.07, 6.45) is 7.06. The highest BCUT2D eigenvalue weighted by atomic mass is 16.5. The van der Waals surface area contributed by atoms with Crippen molar-refractivity contribution >= 4 is 11.8 Å². The smallest absolute Gasteiger partial charge is 0.246 e. The lowest BCUT2D eigenvalue weighted by molar-refractivity contribution is -0.136. The summed E-state index contributed by atoms with van der Waals surface area (Å²) in [5.74, 6) is 1.80. The minimum Gasteiger partial charge on any atom is -0.347 e. The number of nitrogens with zero attached hydrogens (tertiary/aromatic N) is 3. The van der Waals surface area contributed by atoms with Gasteiger partial charge in [0.15, 0.2) is 5.82 Å². The molecule has 1 saturated carbocycles. The van der Waals surface area contributed by atoms with Crippen molar-refractivity contribution in [1.82, 2.24) is 20.4 Å². The average Bonchev–Trinajstić information content (AvgIpc) is 3.24. The molecule has 7 nitrogen and oxygen atoms in total. The Morgan fingerprint density at radius 1 is 1.21 bits per heavy atom. The lowest BCUT2D eigenvalue weighted by atomic mass is 9.95. The van der Waals surface area contributed by atoms with Gasteiger partial charge >= 0.3 is 0 Å². The van der Waals surface area contributed by atoms with E-state index in [1.165, 1.54) is 25.7 Å². The quantitative estimate of drug-likeness (QED) is 0.887. The van der Waals surface area contributed by atoms with Crippen LogP contribution in [-0.2, 0) is 16.1 Å². The molecular weight excluding hydrogens is 308 g/mol. The average molecular weight is 334 g/mol. The molecule has 24 heavy (non-hydrogen) atoms. The van der Waals surface area contributed by atoms with Gasteiger partial charge in [0.25, 0.3) is 0 Å². The van der Waals surface area contributed by atoms with Gasteiger partial charge in [-0.15, -0.1) is 0 Å². The minimum atomic E-state index is -0.0375. The third-order valence-corrected chi connectivity index (χ3v) is 5.14. The zero-order valence-corrected chi connectivity index (χ0v) is 14.3. The number of aromatic nitrogens is 2. The van der Waals surface area contributed by atoms with Crippen LogP contribution in [0.2, 0.25) is 0 Å². The summed E-state index contributed by atoms with van der Waals surface area (Å²) in [6.45, 7) is 3.38.